The summed E-state index contributed by atoms with van der Waals surface area (Å²) in [5.74, 6) is -2.38. The van der Waals surface area contributed by atoms with E-state index in [0.29, 0.717) is 19.4 Å². The molecule has 0 saturated carbocycles. The fourth-order valence-corrected chi connectivity index (χ4v) is 4.22. The highest BCUT2D eigenvalue weighted by Crippen LogP contribution is 2.23. The Morgan fingerprint density at radius 3 is 2.45 bits per heavy atom. The zero-order chi connectivity index (χ0) is 24.1. The molecule has 0 aromatic heterocycles. The minimum Gasteiger partial charge on any atom is -0.444 e. The van der Waals surface area contributed by atoms with Crippen LogP contribution in [0.15, 0.2) is 30.3 Å². The second-order valence-electron chi connectivity index (χ2n) is 8.68. The largest absolute Gasteiger partial charge is 0.444 e. The first kappa shape index (κ1) is 24.2. The molecule has 0 unspecified atom stereocenters. The Hall–Kier alpha value is -3.43. The van der Waals surface area contributed by atoms with Crippen LogP contribution >= 0.6 is 0 Å². The Kier molecular flexibility index (Phi) is 7.67. The number of nitrogens with two attached hydrogens (primary N) is 1. The molecular weight excluding hydrogens is 428 g/mol. The van der Waals surface area contributed by atoms with Gasteiger partial charge >= 0.3 is 6.09 Å². The van der Waals surface area contributed by atoms with E-state index in [1.807, 2.05) is 6.07 Å². The third-order valence-electron chi connectivity index (χ3n) is 6.01. The number of amides is 5. The van der Waals surface area contributed by atoms with Crippen LogP contribution in [0.4, 0.5) is 4.79 Å². The molecular formula is C23H30N4O6. The molecule has 2 aliphatic heterocycles. The third-order valence-corrected chi connectivity index (χ3v) is 6.01. The topological polar surface area (TPSA) is 139 Å². The number of likely N-dealkylation sites (tertiary alicyclic amines) is 2. The number of hydrogen-bond acceptors (Lipinski definition) is 6. The quantitative estimate of drug-likeness (QED) is 0.623. The fourth-order valence-electron chi connectivity index (χ4n) is 4.22. The molecule has 10 heteroatoms. The van der Waals surface area contributed by atoms with Gasteiger partial charge in [0.05, 0.1) is 0 Å². The first-order valence-corrected chi connectivity index (χ1v) is 11.1. The van der Waals surface area contributed by atoms with Gasteiger partial charge in [0.15, 0.2) is 0 Å². The van der Waals surface area contributed by atoms with Crippen LogP contribution in [0.5, 0.6) is 0 Å². The minimum absolute atomic E-state index is 0.0225. The Morgan fingerprint density at radius 2 is 1.82 bits per heavy atom. The van der Waals surface area contributed by atoms with Crippen LogP contribution in [0.25, 0.3) is 0 Å². The summed E-state index contributed by atoms with van der Waals surface area (Å²) < 4.78 is 5.24. The molecule has 2 fully saturated rings. The summed E-state index contributed by atoms with van der Waals surface area (Å²) in [5, 5.41) is 2.69. The molecule has 2 heterocycles. The number of hydrogen-bond donors (Lipinski definition) is 2. The summed E-state index contributed by atoms with van der Waals surface area (Å²) in [6, 6.07) is 6.29. The van der Waals surface area contributed by atoms with E-state index < -0.39 is 47.8 Å². The second-order valence-corrected chi connectivity index (χ2v) is 8.68. The van der Waals surface area contributed by atoms with E-state index >= 15 is 0 Å². The van der Waals surface area contributed by atoms with Gasteiger partial charge in [-0.2, -0.15) is 0 Å². The van der Waals surface area contributed by atoms with E-state index in [0.717, 1.165) is 10.5 Å². The van der Waals surface area contributed by atoms with E-state index in [9.17, 15) is 24.0 Å². The molecule has 2 saturated heterocycles. The molecule has 0 aliphatic carbocycles. The number of carbonyl (C=O) groups excluding carboxylic acids is 5. The molecule has 33 heavy (non-hydrogen) atoms. The van der Waals surface area contributed by atoms with Crippen molar-refractivity contribution in [3.05, 3.63) is 35.9 Å². The predicted molar refractivity (Wildman–Crippen MR) is 117 cm³/mol. The zero-order valence-electron chi connectivity index (χ0n) is 18.9. The van der Waals surface area contributed by atoms with Gasteiger partial charge in [-0.05, 0) is 30.7 Å². The molecule has 10 nitrogen and oxygen atoms in total. The number of primary amides is 1. The van der Waals surface area contributed by atoms with Crippen LogP contribution in [0.3, 0.4) is 0 Å². The molecule has 5 amide bonds. The molecule has 3 N–H and O–H groups in total. The van der Waals surface area contributed by atoms with Crippen LogP contribution in [0.1, 0.15) is 45.1 Å². The average Bonchev–Trinajstić information content (AvgIpc) is 3.43. The Balaban J connectivity index is 1.68. The molecule has 1 aromatic carbocycles. The standard InChI is InChI=1S/C23H30N4O6/c1-14(2)19(22(31)26-12-6-9-16(26)20(24)29)25-21(30)17-10-11-18(28)27(17)23(32)33-13-15-7-4-3-5-8-15/h3-5,7-8,14,16-17,19H,6,9-13H2,1-2H3,(H2,24,29)(H,25,30)/t16-,17-,19-/m0/s1. The van der Waals surface area contributed by atoms with Crippen LogP contribution in [-0.4, -0.2) is 64.2 Å². The molecule has 3 atom stereocenters. The summed E-state index contributed by atoms with van der Waals surface area (Å²) >= 11 is 0. The first-order chi connectivity index (χ1) is 15.7. The summed E-state index contributed by atoms with van der Waals surface area (Å²) in [5.41, 5.74) is 6.17. The summed E-state index contributed by atoms with van der Waals surface area (Å²) in [4.78, 5) is 65.0. The van der Waals surface area contributed by atoms with E-state index in [4.69, 9.17) is 10.5 Å². The monoisotopic (exact) mass is 458 g/mol. The number of rotatable bonds is 7. The van der Waals surface area contributed by atoms with E-state index in [2.05, 4.69) is 5.32 Å². The SMILES string of the molecule is CC(C)[C@H](NC(=O)[C@@H]1CCC(=O)N1C(=O)OCc1ccccc1)C(=O)N1CCC[C@H]1C(N)=O. The maximum atomic E-state index is 13.1. The van der Waals surface area contributed by atoms with Gasteiger partial charge in [0.2, 0.25) is 23.6 Å². The number of nitrogens with zero attached hydrogens (tertiary/aromatic N) is 2. The van der Waals surface area contributed by atoms with Crippen molar-refractivity contribution in [3.8, 4) is 0 Å². The molecule has 2 aliphatic rings. The molecule has 0 spiro atoms. The highest BCUT2D eigenvalue weighted by Gasteiger charge is 2.44. The van der Waals surface area contributed by atoms with Crippen molar-refractivity contribution in [1.29, 1.82) is 0 Å². The predicted octanol–water partition coefficient (Wildman–Crippen LogP) is 0.931. The van der Waals surface area contributed by atoms with Gasteiger partial charge in [-0.15, -0.1) is 0 Å². The highest BCUT2D eigenvalue weighted by molar-refractivity contribution is 6.01. The number of imide groups is 1. The van der Waals surface area contributed by atoms with Crippen molar-refractivity contribution in [1.82, 2.24) is 15.1 Å². The maximum Gasteiger partial charge on any atom is 0.417 e. The minimum atomic E-state index is -1.07. The lowest BCUT2D eigenvalue weighted by molar-refractivity contribution is -0.142. The van der Waals surface area contributed by atoms with Crippen molar-refractivity contribution in [2.45, 2.75) is 64.3 Å². The van der Waals surface area contributed by atoms with Gasteiger partial charge in [-0.1, -0.05) is 44.2 Å². The van der Waals surface area contributed by atoms with E-state index in [-0.39, 0.29) is 25.4 Å². The van der Waals surface area contributed by atoms with Gasteiger partial charge in [0, 0.05) is 13.0 Å². The Morgan fingerprint density at radius 1 is 1.12 bits per heavy atom. The van der Waals surface area contributed by atoms with Gasteiger partial charge in [-0.25, -0.2) is 9.69 Å². The Labute approximate surface area is 192 Å². The number of nitrogens with one attached hydrogen (secondary N) is 1. The van der Waals surface area contributed by atoms with Crippen LogP contribution in [0, 0.1) is 5.92 Å². The van der Waals surface area contributed by atoms with E-state index in [1.54, 1.807) is 38.1 Å². The highest BCUT2D eigenvalue weighted by atomic mass is 16.6. The first-order valence-electron chi connectivity index (χ1n) is 11.1. The van der Waals surface area contributed by atoms with Crippen molar-refractivity contribution < 1.29 is 28.7 Å². The van der Waals surface area contributed by atoms with E-state index in [1.165, 1.54) is 4.90 Å². The summed E-state index contributed by atoms with van der Waals surface area (Å²) in [7, 11) is 0. The molecule has 0 radical (unpaired) electrons. The van der Waals surface area contributed by atoms with Gasteiger partial charge in [0.1, 0.15) is 24.7 Å². The summed E-state index contributed by atoms with van der Waals surface area (Å²) in [6.07, 6.45) is 0.392. The lowest BCUT2D eigenvalue weighted by atomic mass is 10.0. The normalized spacial score (nSPS) is 21.2. The van der Waals surface area contributed by atoms with Crippen molar-refractivity contribution >= 4 is 29.7 Å². The van der Waals surface area contributed by atoms with Crippen LogP contribution < -0.4 is 11.1 Å². The third kappa shape index (κ3) is 5.50. The second kappa shape index (κ2) is 10.5. The number of carbonyl (C=O) groups is 5. The van der Waals surface area contributed by atoms with Crippen LogP contribution in [0.2, 0.25) is 0 Å². The lowest BCUT2D eigenvalue weighted by Gasteiger charge is -2.31. The van der Waals surface area contributed by atoms with Crippen molar-refractivity contribution in [2.75, 3.05) is 6.54 Å². The van der Waals surface area contributed by atoms with Gasteiger partial charge in [0.25, 0.3) is 0 Å². The van der Waals surface area contributed by atoms with Gasteiger partial charge < -0.3 is 20.7 Å². The van der Waals surface area contributed by atoms with Gasteiger partial charge in [-0.3, -0.25) is 19.2 Å². The molecule has 178 valence electrons. The van der Waals surface area contributed by atoms with Crippen molar-refractivity contribution in [3.63, 3.8) is 0 Å². The summed E-state index contributed by atoms with van der Waals surface area (Å²) in [6.45, 7) is 3.88. The number of benzene rings is 1. The smallest absolute Gasteiger partial charge is 0.417 e. The molecule has 1 aromatic rings. The molecule has 3 rings (SSSR count). The van der Waals surface area contributed by atoms with Crippen LogP contribution in [-0.2, 0) is 30.5 Å². The number of ether oxygens (including phenoxy) is 1. The average molecular weight is 459 g/mol. The Bertz CT molecular complexity index is 919. The zero-order valence-corrected chi connectivity index (χ0v) is 18.9. The fraction of sp³-hybridized carbons (Fsp3) is 0.522. The van der Waals surface area contributed by atoms with Crippen molar-refractivity contribution in [2.24, 2.45) is 11.7 Å². The molecule has 0 bridgehead atoms. The lowest BCUT2D eigenvalue weighted by Crippen LogP contribution is -2.57. The maximum absolute atomic E-state index is 13.1.